The molecule has 8 atom stereocenters. The normalized spacial score (nSPS) is 47.1. The molecule has 4 saturated carbocycles. The molecular weight excluding hydrogens is 384 g/mol. The fourth-order valence-corrected chi connectivity index (χ4v) is 8.55. The zero-order valence-corrected chi connectivity index (χ0v) is 18.5. The number of carboxylic acids is 2. The first-order valence-corrected chi connectivity index (χ1v) is 11.7. The van der Waals surface area contributed by atoms with Crippen LogP contribution in [0.1, 0.15) is 85.0 Å². The van der Waals surface area contributed by atoms with Gasteiger partial charge < -0.3 is 14.9 Å². The second kappa shape index (κ2) is 7.23. The monoisotopic (exact) mass is 420 g/mol. The van der Waals surface area contributed by atoms with Crippen molar-refractivity contribution in [2.45, 2.75) is 91.1 Å². The summed E-state index contributed by atoms with van der Waals surface area (Å²) < 4.78 is 5.97. The van der Waals surface area contributed by atoms with Crippen LogP contribution in [0.5, 0.6) is 0 Å². The highest BCUT2D eigenvalue weighted by Gasteiger charge is 2.68. The van der Waals surface area contributed by atoms with E-state index in [1.54, 1.807) is 0 Å². The van der Waals surface area contributed by atoms with Gasteiger partial charge in [0, 0.05) is 5.41 Å². The predicted molar refractivity (Wildman–Crippen MR) is 110 cm³/mol. The number of carbonyl (C=O) groups excluding carboxylic acids is 1. The van der Waals surface area contributed by atoms with Crippen LogP contribution >= 0.6 is 0 Å². The summed E-state index contributed by atoms with van der Waals surface area (Å²) in [5, 5.41) is 19.1. The number of esters is 1. The summed E-state index contributed by atoms with van der Waals surface area (Å²) in [7, 11) is 0. The van der Waals surface area contributed by atoms with E-state index in [0.717, 1.165) is 25.2 Å². The second-order valence-corrected chi connectivity index (χ2v) is 11.2. The van der Waals surface area contributed by atoms with Crippen molar-refractivity contribution in [1.82, 2.24) is 0 Å². The van der Waals surface area contributed by atoms with Gasteiger partial charge in [0.1, 0.15) is 6.10 Å². The van der Waals surface area contributed by atoms with Gasteiger partial charge in [-0.15, -0.1) is 0 Å². The highest BCUT2D eigenvalue weighted by atomic mass is 16.5. The Kier molecular flexibility index (Phi) is 5.22. The van der Waals surface area contributed by atoms with Crippen molar-refractivity contribution in [2.24, 2.45) is 39.9 Å². The first-order valence-electron chi connectivity index (χ1n) is 11.7. The molecule has 0 aromatic heterocycles. The average molecular weight is 421 g/mol. The fourth-order valence-electron chi connectivity index (χ4n) is 8.55. The lowest BCUT2D eigenvalue weighted by atomic mass is 9.40. The minimum atomic E-state index is -1.01. The van der Waals surface area contributed by atoms with Crippen molar-refractivity contribution in [2.75, 3.05) is 0 Å². The van der Waals surface area contributed by atoms with Crippen LogP contribution in [0.25, 0.3) is 0 Å². The fraction of sp³-hybridized carbons (Fsp3) is 0.875. The minimum absolute atomic E-state index is 0.0309. The van der Waals surface area contributed by atoms with E-state index in [-0.39, 0.29) is 35.7 Å². The van der Waals surface area contributed by atoms with E-state index in [0.29, 0.717) is 24.7 Å². The Morgan fingerprint density at radius 2 is 1.67 bits per heavy atom. The molecule has 4 fully saturated rings. The van der Waals surface area contributed by atoms with Crippen LogP contribution in [0.2, 0.25) is 0 Å². The zero-order chi connectivity index (χ0) is 21.9. The van der Waals surface area contributed by atoms with Gasteiger partial charge in [-0.25, -0.2) is 0 Å². The van der Waals surface area contributed by atoms with Crippen LogP contribution < -0.4 is 0 Å². The molecule has 4 aliphatic carbocycles. The Hall–Kier alpha value is -1.59. The topological polar surface area (TPSA) is 101 Å². The number of ether oxygens (including phenoxy) is 1. The SMILES string of the molecule is C[C@H]1C[C@@]23CC[C@H]4[C@@](C)([C@@H](OC(=O)CCC(=O)O)CC[C@@]4(C)C(=O)O)[C@@H]2CC[C@H]1C3. The summed E-state index contributed by atoms with van der Waals surface area (Å²) in [6.07, 6.45) is 7.01. The number of rotatable bonds is 5. The van der Waals surface area contributed by atoms with Crippen LogP contribution in [0.4, 0.5) is 0 Å². The van der Waals surface area contributed by atoms with Gasteiger partial charge in [0.05, 0.1) is 18.3 Å². The van der Waals surface area contributed by atoms with Gasteiger partial charge in [-0.2, -0.15) is 0 Å². The number of hydrogen-bond acceptors (Lipinski definition) is 4. The van der Waals surface area contributed by atoms with E-state index in [4.69, 9.17) is 9.84 Å². The van der Waals surface area contributed by atoms with Gasteiger partial charge in [0.15, 0.2) is 0 Å². The maximum absolute atomic E-state index is 12.5. The number of carbonyl (C=O) groups is 3. The lowest BCUT2D eigenvalue weighted by Crippen LogP contribution is -2.64. The quantitative estimate of drug-likeness (QED) is 0.635. The third-order valence-electron chi connectivity index (χ3n) is 9.89. The molecule has 0 aromatic carbocycles. The average Bonchev–Trinajstić information content (AvgIpc) is 2.90. The summed E-state index contributed by atoms with van der Waals surface area (Å²) >= 11 is 0. The highest BCUT2D eigenvalue weighted by Crippen LogP contribution is 2.72. The molecule has 4 aliphatic rings. The molecule has 0 aromatic rings. The van der Waals surface area contributed by atoms with Crippen LogP contribution in [0, 0.1) is 39.9 Å². The smallest absolute Gasteiger partial charge is 0.309 e. The molecule has 0 unspecified atom stereocenters. The molecule has 0 amide bonds. The lowest BCUT2D eigenvalue weighted by molar-refractivity contribution is -0.222. The summed E-state index contributed by atoms with van der Waals surface area (Å²) in [4.78, 5) is 35.8. The number of carboxylic acid groups (broad SMARTS) is 2. The van der Waals surface area contributed by atoms with E-state index in [1.807, 2.05) is 6.92 Å². The first-order chi connectivity index (χ1) is 14.0. The molecule has 30 heavy (non-hydrogen) atoms. The van der Waals surface area contributed by atoms with Gasteiger partial charge in [0.25, 0.3) is 0 Å². The van der Waals surface area contributed by atoms with Crippen molar-refractivity contribution in [3.63, 3.8) is 0 Å². The summed E-state index contributed by atoms with van der Waals surface area (Å²) in [5.41, 5.74) is -0.936. The minimum Gasteiger partial charge on any atom is -0.481 e. The Labute approximate surface area is 178 Å². The van der Waals surface area contributed by atoms with Crippen molar-refractivity contribution < 1.29 is 29.3 Å². The lowest BCUT2D eigenvalue weighted by Gasteiger charge is -2.65. The summed E-state index contributed by atoms with van der Waals surface area (Å²) in [6, 6.07) is 0. The maximum Gasteiger partial charge on any atom is 0.309 e. The van der Waals surface area contributed by atoms with E-state index in [2.05, 4.69) is 13.8 Å². The Bertz CT molecular complexity index is 744. The van der Waals surface area contributed by atoms with Gasteiger partial charge in [-0.05, 0) is 87.4 Å². The Morgan fingerprint density at radius 3 is 2.33 bits per heavy atom. The molecule has 6 heteroatoms. The van der Waals surface area contributed by atoms with Crippen molar-refractivity contribution in [1.29, 1.82) is 0 Å². The molecule has 2 bridgehead atoms. The van der Waals surface area contributed by atoms with Crippen molar-refractivity contribution in [3.05, 3.63) is 0 Å². The molecule has 168 valence electrons. The third-order valence-corrected chi connectivity index (χ3v) is 9.89. The van der Waals surface area contributed by atoms with Crippen LogP contribution in [-0.2, 0) is 19.1 Å². The molecule has 2 N–H and O–H groups in total. The number of aliphatic carboxylic acids is 2. The molecule has 4 rings (SSSR count). The molecule has 0 heterocycles. The van der Waals surface area contributed by atoms with Crippen molar-refractivity contribution >= 4 is 17.9 Å². The van der Waals surface area contributed by atoms with E-state index in [1.165, 1.54) is 19.3 Å². The van der Waals surface area contributed by atoms with Gasteiger partial charge in [-0.3, -0.25) is 14.4 Å². The van der Waals surface area contributed by atoms with Crippen LogP contribution in [0.3, 0.4) is 0 Å². The van der Waals surface area contributed by atoms with E-state index < -0.39 is 23.3 Å². The Balaban J connectivity index is 1.68. The summed E-state index contributed by atoms with van der Waals surface area (Å²) in [6.45, 7) is 6.45. The first kappa shape index (κ1) is 21.6. The van der Waals surface area contributed by atoms with Crippen LogP contribution in [-0.4, -0.2) is 34.2 Å². The van der Waals surface area contributed by atoms with Gasteiger partial charge >= 0.3 is 17.9 Å². The van der Waals surface area contributed by atoms with Gasteiger partial charge in [-0.1, -0.05) is 13.8 Å². The van der Waals surface area contributed by atoms with E-state index in [9.17, 15) is 19.5 Å². The largest absolute Gasteiger partial charge is 0.481 e. The van der Waals surface area contributed by atoms with Crippen molar-refractivity contribution in [3.8, 4) is 0 Å². The zero-order valence-electron chi connectivity index (χ0n) is 18.5. The number of fused-ring (bicyclic) bond motifs is 3. The molecule has 1 spiro atoms. The molecule has 0 aliphatic heterocycles. The number of hydrogen-bond donors (Lipinski definition) is 2. The van der Waals surface area contributed by atoms with Crippen LogP contribution in [0.15, 0.2) is 0 Å². The standard InChI is InChI=1S/C24H36O6/c1-14-12-24-11-8-16-22(2,21(28)29)10-9-18(30-20(27)7-6-19(25)26)23(16,3)17(24)5-4-15(14)13-24/h14-18H,4-13H2,1-3H3,(H,25,26)(H,28,29)/t14-,15-,16+,17-,18-,22+,23+,24+/m0/s1. The van der Waals surface area contributed by atoms with E-state index >= 15 is 0 Å². The predicted octanol–water partition coefficient (Wildman–Crippen LogP) is 4.51. The summed E-state index contributed by atoms with van der Waals surface area (Å²) in [5.74, 6) is -0.396. The molecule has 6 nitrogen and oxygen atoms in total. The second-order valence-electron chi connectivity index (χ2n) is 11.2. The Morgan fingerprint density at radius 1 is 0.933 bits per heavy atom. The maximum atomic E-state index is 12.5. The molecule has 0 saturated heterocycles. The molecule has 0 radical (unpaired) electrons. The van der Waals surface area contributed by atoms with Gasteiger partial charge in [0.2, 0.25) is 0 Å². The molecular formula is C24H36O6. The third kappa shape index (κ3) is 3.08. The highest BCUT2D eigenvalue weighted by molar-refractivity contribution is 5.77.